The van der Waals surface area contributed by atoms with Crippen LogP contribution in [0, 0.1) is 10.1 Å². The predicted octanol–water partition coefficient (Wildman–Crippen LogP) is 4.37. The molecule has 2 rings (SSSR count). The number of benzene rings is 1. The number of hydrogen-bond acceptors (Lipinski definition) is 5. The van der Waals surface area contributed by atoms with Gasteiger partial charge >= 0.3 is 5.69 Å². The average molecular weight is 352 g/mol. The second kappa shape index (κ2) is 7.03. The Morgan fingerprint density at radius 1 is 1.43 bits per heavy atom. The monoisotopic (exact) mass is 351 g/mol. The summed E-state index contributed by atoms with van der Waals surface area (Å²) < 4.78 is 6.18. The molecule has 1 aromatic heterocycles. The number of anilines is 1. The highest BCUT2D eigenvalue weighted by molar-refractivity contribution is 9.10. The van der Waals surface area contributed by atoms with Crippen molar-refractivity contribution in [3.8, 4) is 11.5 Å². The molecule has 0 radical (unpaired) electrons. The number of rotatable bonds is 6. The maximum Gasteiger partial charge on any atom is 0.312 e. The highest BCUT2D eigenvalue weighted by Gasteiger charge is 2.18. The van der Waals surface area contributed by atoms with Crippen molar-refractivity contribution < 1.29 is 9.66 Å². The molecule has 21 heavy (non-hydrogen) atoms. The normalized spacial score (nSPS) is 10.2. The van der Waals surface area contributed by atoms with Crippen LogP contribution in [-0.4, -0.2) is 16.5 Å². The average Bonchev–Trinajstić information content (AvgIpc) is 2.47. The van der Waals surface area contributed by atoms with E-state index in [4.69, 9.17) is 4.74 Å². The quantitative estimate of drug-likeness (QED) is 0.617. The lowest BCUT2D eigenvalue weighted by molar-refractivity contribution is -0.385. The van der Waals surface area contributed by atoms with Crippen LogP contribution >= 0.6 is 15.9 Å². The molecule has 7 heteroatoms. The van der Waals surface area contributed by atoms with Crippen LogP contribution in [0.2, 0.25) is 0 Å². The fourth-order valence-corrected chi connectivity index (χ4v) is 2.12. The van der Waals surface area contributed by atoms with Crippen LogP contribution < -0.4 is 10.1 Å². The molecule has 0 aliphatic carbocycles. The van der Waals surface area contributed by atoms with Gasteiger partial charge in [0.05, 0.1) is 9.40 Å². The minimum Gasteiger partial charge on any atom is -0.449 e. The summed E-state index contributed by atoms with van der Waals surface area (Å²) in [6, 6.07) is 8.05. The van der Waals surface area contributed by atoms with Gasteiger partial charge in [0.15, 0.2) is 0 Å². The van der Waals surface area contributed by atoms with E-state index >= 15 is 0 Å². The van der Waals surface area contributed by atoms with E-state index in [1.807, 2.05) is 0 Å². The Kier molecular flexibility index (Phi) is 5.10. The molecule has 0 amide bonds. The van der Waals surface area contributed by atoms with Gasteiger partial charge in [0.1, 0.15) is 11.6 Å². The van der Waals surface area contributed by atoms with Gasteiger partial charge in [0, 0.05) is 24.9 Å². The van der Waals surface area contributed by atoms with Crippen molar-refractivity contribution in [3.63, 3.8) is 0 Å². The summed E-state index contributed by atoms with van der Waals surface area (Å²) in [5.41, 5.74) is -0.0933. The first-order valence-corrected chi connectivity index (χ1v) is 7.21. The Morgan fingerprint density at radius 3 is 2.95 bits per heavy atom. The fourth-order valence-electron chi connectivity index (χ4n) is 1.68. The lowest BCUT2D eigenvalue weighted by Crippen LogP contribution is -2.01. The van der Waals surface area contributed by atoms with Crippen LogP contribution in [0.5, 0.6) is 11.5 Å². The second-order valence-electron chi connectivity index (χ2n) is 4.25. The number of nitrogens with zero attached hydrogens (tertiary/aromatic N) is 2. The molecule has 0 unspecified atom stereocenters. The van der Waals surface area contributed by atoms with Gasteiger partial charge < -0.3 is 10.1 Å². The van der Waals surface area contributed by atoms with Gasteiger partial charge in [-0.1, -0.05) is 13.0 Å². The summed E-state index contributed by atoms with van der Waals surface area (Å²) in [5.74, 6) is 1.33. The van der Waals surface area contributed by atoms with E-state index in [0.717, 1.165) is 13.0 Å². The van der Waals surface area contributed by atoms with Crippen molar-refractivity contribution >= 4 is 27.4 Å². The zero-order valence-corrected chi connectivity index (χ0v) is 13.0. The topological polar surface area (TPSA) is 77.3 Å². The van der Waals surface area contributed by atoms with Gasteiger partial charge in [0.2, 0.25) is 5.75 Å². The third kappa shape index (κ3) is 3.91. The molecule has 0 aliphatic rings. The van der Waals surface area contributed by atoms with Gasteiger partial charge in [-0.3, -0.25) is 10.1 Å². The second-order valence-corrected chi connectivity index (χ2v) is 5.11. The molecule has 0 bridgehead atoms. The number of para-hydroxylation sites is 1. The Hall–Kier alpha value is -2.15. The summed E-state index contributed by atoms with van der Waals surface area (Å²) in [6.45, 7) is 2.85. The SMILES string of the molecule is CCCNc1cc(Oc2c(Br)cccc2[N+](=O)[O-])ccn1. The van der Waals surface area contributed by atoms with Crippen LogP contribution in [0.3, 0.4) is 0 Å². The molecule has 1 N–H and O–H groups in total. The molecule has 6 nitrogen and oxygen atoms in total. The number of nitro groups is 1. The largest absolute Gasteiger partial charge is 0.449 e. The third-order valence-electron chi connectivity index (χ3n) is 2.65. The van der Waals surface area contributed by atoms with Crippen LogP contribution in [0.1, 0.15) is 13.3 Å². The van der Waals surface area contributed by atoms with E-state index < -0.39 is 4.92 Å². The van der Waals surface area contributed by atoms with Gasteiger partial charge in [-0.15, -0.1) is 0 Å². The molecule has 2 aromatic rings. The summed E-state index contributed by atoms with van der Waals surface area (Å²) >= 11 is 3.27. The Labute approximate surface area is 130 Å². The van der Waals surface area contributed by atoms with Crippen LogP contribution in [-0.2, 0) is 0 Å². The minimum absolute atomic E-state index is 0.0933. The first-order chi connectivity index (χ1) is 10.1. The molecule has 1 heterocycles. The standard InChI is InChI=1S/C14H14BrN3O3/c1-2-7-16-13-9-10(6-8-17-13)21-14-11(15)4-3-5-12(14)18(19)20/h3-6,8-9H,2,7H2,1H3,(H,16,17). The predicted molar refractivity (Wildman–Crippen MR) is 83.9 cm³/mol. The number of halogens is 1. The number of nitrogens with one attached hydrogen (secondary N) is 1. The van der Waals surface area contributed by atoms with E-state index in [-0.39, 0.29) is 11.4 Å². The lowest BCUT2D eigenvalue weighted by Gasteiger charge is -2.09. The summed E-state index contributed by atoms with van der Waals surface area (Å²) in [4.78, 5) is 14.7. The van der Waals surface area contributed by atoms with Gasteiger partial charge in [0.25, 0.3) is 0 Å². The van der Waals surface area contributed by atoms with Gasteiger partial charge in [-0.25, -0.2) is 4.98 Å². The van der Waals surface area contributed by atoms with Crippen LogP contribution in [0.4, 0.5) is 11.5 Å². The highest BCUT2D eigenvalue weighted by atomic mass is 79.9. The van der Waals surface area contributed by atoms with Crippen molar-refractivity contribution in [3.05, 3.63) is 51.1 Å². The van der Waals surface area contributed by atoms with Crippen molar-refractivity contribution in [1.29, 1.82) is 0 Å². The number of aromatic nitrogens is 1. The molecule has 0 fully saturated rings. The molecule has 110 valence electrons. The zero-order chi connectivity index (χ0) is 15.2. The van der Waals surface area contributed by atoms with Crippen molar-refractivity contribution in [2.75, 3.05) is 11.9 Å². The maximum absolute atomic E-state index is 11.1. The van der Waals surface area contributed by atoms with Crippen LogP contribution in [0.25, 0.3) is 0 Å². The molecule has 0 atom stereocenters. The lowest BCUT2D eigenvalue weighted by atomic mass is 10.3. The van der Waals surface area contributed by atoms with E-state index in [2.05, 4.69) is 33.2 Å². The Balaban J connectivity index is 2.28. The fraction of sp³-hybridized carbons (Fsp3) is 0.214. The third-order valence-corrected chi connectivity index (χ3v) is 3.27. The van der Waals surface area contributed by atoms with Crippen LogP contribution in [0.15, 0.2) is 41.0 Å². The molecular formula is C14H14BrN3O3. The molecule has 0 spiro atoms. The van der Waals surface area contributed by atoms with Crippen molar-refractivity contribution in [2.24, 2.45) is 0 Å². The zero-order valence-electron chi connectivity index (χ0n) is 11.4. The van der Waals surface area contributed by atoms with Gasteiger partial charge in [-0.05, 0) is 34.5 Å². The molecule has 1 aromatic carbocycles. The Morgan fingerprint density at radius 2 is 2.24 bits per heavy atom. The molecular weight excluding hydrogens is 338 g/mol. The summed E-state index contributed by atoms with van der Waals surface area (Å²) in [6.07, 6.45) is 2.57. The molecule has 0 aliphatic heterocycles. The Bertz CT molecular complexity index is 649. The first-order valence-electron chi connectivity index (χ1n) is 6.42. The van der Waals surface area contributed by atoms with Crippen molar-refractivity contribution in [2.45, 2.75) is 13.3 Å². The first kappa shape index (κ1) is 15.2. The molecule has 0 saturated heterocycles. The van der Waals surface area contributed by atoms with E-state index in [0.29, 0.717) is 16.0 Å². The summed E-state index contributed by atoms with van der Waals surface area (Å²) in [7, 11) is 0. The highest BCUT2D eigenvalue weighted by Crippen LogP contribution is 2.38. The summed E-state index contributed by atoms with van der Waals surface area (Å²) in [5, 5.41) is 14.2. The van der Waals surface area contributed by atoms with E-state index in [9.17, 15) is 10.1 Å². The number of nitro benzene ring substituents is 1. The van der Waals surface area contributed by atoms with E-state index in [1.165, 1.54) is 6.07 Å². The van der Waals surface area contributed by atoms with Crippen molar-refractivity contribution in [1.82, 2.24) is 4.98 Å². The maximum atomic E-state index is 11.1. The van der Waals surface area contributed by atoms with E-state index in [1.54, 1.807) is 30.5 Å². The number of pyridine rings is 1. The molecule has 0 saturated carbocycles. The smallest absolute Gasteiger partial charge is 0.312 e. The number of hydrogen-bond donors (Lipinski definition) is 1. The minimum atomic E-state index is -0.475. The van der Waals surface area contributed by atoms with Gasteiger partial charge in [-0.2, -0.15) is 0 Å². The number of ether oxygens (including phenoxy) is 1.